The molecular weight excluding hydrogens is 408 g/mol. The minimum atomic E-state index is -0.0309. The van der Waals surface area contributed by atoms with Crippen LogP contribution in [0.4, 0.5) is 0 Å². The van der Waals surface area contributed by atoms with Crippen LogP contribution in [-0.4, -0.2) is 11.7 Å². The number of hydrogen-bond acceptors (Lipinski definition) is 4. The zero-order valence-electron chi connectivity index (χ0n) is 10.9. The third kappa shape index (κ3) is 3.97. The Morgan fingerprint density at radius 1 is 1.20 bits per heavy atom. The van der Waals surface area contributed by atoms with E-state index < -0.39 is 0 Å². The largest absolute Gasteiger partial charge is 0.490 e. The summed E-state index contributed by atoms with van der Waals surface area (Å²) in [6.45, 7) is 2.91. The maximum absolute atomic E-state index is 9.24. The molecule has 0 aliphatic carbocycles. The van der Waals surface area contributed by atoms with Gasteiger partial charge in [-0.2, -0.15) is 0 Å². The molecule has 0 radical (unpaired) electrons. The SMILES string of the molecule is CCOc1cc(CO)cc(Br)c1OCc1ccc(Br)s1. The molecule has 3 nitrogen and oxygen atoms in total. The molecule has 0 unspecified atom stereocenters. The minimum Gasteiger partial charge on any atom is -0.490 e. The molecule has 1 N–H and O–H groups in total. The molecule has 1 aromatic heterocycles. The van der Waals surface area contributed by atoms with Crippen molar-refractivity contribution in [1.82, 2.24) is 0 Å². The Kier molecular flexibility index (Phi) is 5.89. The molecule has 1 heterocycles. The van der Waals surface area contributed by atoms with Gasteiger partial charge in [-0.05, 0) is 68.6 Å². The number of rotatable bonds is 6. The summed E-state index contributed by atoms with van der Waals surface area (Å²) < 4.78 is 13.3. The lowest BCUT2D eigenvalue weighted by atomic mass is 10.2. The summed E-state index contributed by atoms with van der Waals surface area (Å²) in [6.07, 6.45) is 0. The van der Waals surface area contributed by atoms with Crippen LogP contribution in [0.5, 0.6) is 11.5 Å². The fourth-order valence-corrected chi connectivity index (χ4v) is 3.69. The second-order valence-corrected chi connectivity index (χ2v) is 7.39. The van der Waals surface area contributed by atoms with Gasteiger partial charge in [-0.15, -0.1) is 11.3 Å². The predicted octanol–water partition coefficient (Wildman–Crippen LogP) is 4.74. The normalized spacial score (nSPS) is 10.6. The lowest BCUT2D eigenvalue weighted by Gasteiger charge is -2.14. The first-order valence-corrected chi connectivity index (χ1v) is 8.47. The Bertz CT molecular complexity index is 584. The number of ether oxygens (including phenoxy) is 2. The molecule has 20 heavy (non-hydrogen) atoms. The minimum absolute atomic E-state index is 0.0309. The van der Waals surface area contributed by atoms with E-state index in [4.69, 9.17) is 9.47 Å². The molecule has 2 rings (SSSR count). The fourth-order valence-electron chi connectivity index (χ4n) is 1.69. The fraction of sp³-hybridized carbons (Fsp3) is 0.286. The second-order valence-electron chi connectivity index (χ2n) is 3.99. The molecule has 0 amide bonds. The first-order chi connectivity index (χ1) is 9.63. The Morgan fingerprint density at radius 3 is 2.60 bits per heavy atom. The second kappa shape index (κ2) is 7.45. The molecule has 0 fully saturated rings. The van der Waals surface area contributed by atoms with Crippen molar-refractivity contribution in [3.05, 3.63) is 43.0 Å². The van der Waals surface area contributed by atoms with E-state index in [1.165, 1.54) is 0 Å². The standard InChI is InChI=1S/C14H14Br2O3S/c1-2-18-12-6-9(7-17)5-11(15)14(12)19-8-10-3-4-13(16)20-10/h3-6,17H,2,7-8H2,1H3. The van der Waals surface area contributed by atoms with E-state index in [2.05, 4.69) is 31.9 Å². The number of benzene rings is 1. The summed E-state index contributed by atoms with van der Waals surface area (Å²) in [5.74, 6) is 1.30. The highest BCUT2D eigenvalue weighted by atomic mass is 79.9. The highest BCUT2D eigenvalue weighted by Crippen LogP contribution is 2.38. The Hall–Kier alpha value is -0.560. The number of halogens is 2. The van der Waals surface area contributed by atoms with E-state index >= 15 is 0 Å². The van der Waals surface area contributed by atoms with E-state index in [0.717, 1.165) is 18.7 Å². The molecule has 0 aliphatic rings. The average Bonchev–Trinajstić information content (AvgIpc) is 2.83. The highest BCUT2D eigenvalue weighted by Gasteiger charge is 2.12. The van der Waals surface area contributed by atoms with Gasteiger partial charge in [0.05, 0.1) is 21.5 Å². The van der Waals surface area contributed by atoms with Crippen molar-refractivity contribution in [3.63, 3.8) is 0 Å². The maximum Gasteiger partial charge on any atom is 0.175 e. The summed E-state index contributed by atoms with van der Waals surface area (Å²) in [5, 5.41) is 9.24. The van der Waals surface area contributed by atoms with E-state index in [-0.39, 0.29) is 6.61 Å². The smallest absolute Gasteiger partial charge is 0.175 e. The summed E-state index contributed by atoms with van der Waals surface area (Å²) in [7, 11) is 0. The third-order valence-corrected chi connectivity index (χ3v) is 4.73. The summed E-state index contributed by atoms with van der Waals surface area (Å²) >= 11 is 8.53. The number of aliphatic hydroxyl groups excluding tert-OH is 1. The Morgan fingerprint density at radius 2 is 2.00 bits per heavy atom. The quantitative estimate of drug-likeness (QED) is 0.731. The van der Waals surface area contributed by atoms with Gasteiger partial charge in [0.1, 0.15) is 6.61 Å². The molecule has 2 aromatic rings. The van der Waals surface area contributed by atoms with Crippen LogP contribution in [0, 0.1) is 0 Å². The van der Waals surface area contributed by atoms with Crippen molar-refractivity contribution in [2.24, 2.45) is 0 Å². The van der Waals surface area contributed by atoms with Crippen LogP contribution in [0.1, 0.15) is 17.4 Å². The van der Waals surface area contributed by atoms with Crippen molar-refractivity contribution in [2.75, 3.05) is 6.61 Å². The van der Waals surface area contributed by atoms with Crippen LogP contribution in [-0.2, 0) is 13.2 Å². The highest BCUT2D eigenvalue weighted by molar-refractivity contribution is 9.11. The van der Waals surface area contributed by atoms with Crippen LogP contribution < -0.4 is 9.47 Å². The maximum atomic E-state index is 9.24. The molecule has 1 aromatic carbocycles. The van der Waals surface area contributed by atoms with Crippen molar-refractivity contribution in [3.8, 4) is 11.5 Å². The molecule has 0 atom stereocenters. The van der Waals surface area contributed by atoms with Gasteiger partial charge in [0.15, 0.2) is 11.5 Å². The van der Waals surface area contributed by atoms with Crippen LogP contribution in [0.25, 0.3) is 0 Å². The number of hydrogen-bond donors (Lipinski definition) is 1. The van der Waals surface area contributed by atoms with Gasteiger partial charge in [0.25, 0.3) is 0 Å². The molecule has 6 heteroatoms. The van der Waals surface area contributed by atoms with Crippen molar-refractivity contribution < 1.29 is 14.6 Å². The summed E-state index contributed by atoms with van der Waals surface area (Å²) in [6, 6.07) is 7.65. The molecule has 108 valence electrons. The monoisotopic (exact) mass is 420 g/mol. The van der Waals surface area contributed by atoms with Crippen LogP contribution in [0.15, 0.2) is 32.5 Å². The van der Waals surface area contributed by atoms with Crippen molar-refractivity contribution >= 4 is 43.2 Å². The van der Waals surface area contributed by atoms with Gasteiger partial charge >= 0.3 is 0 Å². The first kappa shape index (κ1) is 15.8. The van der Waals surface area contributed by atoms with E-state index in [1.807, 2.05) is 25.1 Å². The van der Waals surface area contributed by atoms with Gasteiger partial charge in [-0.1, -0.05) is 0 Å². The summed E-state index contributed by atoms with van der Waals surface area (Å²) in [5.41, 5.74) is 0.784. The molecular formula is C14H14Br2O3S. The van der Waals surface area contributed by atoms with Crippen LogP contribution in [0.3, 0.4) is 0 Å². The van der Waals surface area contributed by atoms with Crippen molar-refractivity contribution in [2.45, 2.75) is 20.1 Å². The lowest BCUT2D eigenvalue weighted by Crippen LogP contribution is -2.00. The summed E-state index contributed by atoms with van der Waals surface area (Å²) in [4.78, 5) is 1.12. The topological polar surface area (TPSA) is 38.7 Å². The average molecular weight is 422 g/mol. The zero-order chi connectivity index (χ0) is 14.5. The van der Waals surface area contributed by atoms with Gasteiger partial charge < -0.3 is 14.6 Å². The van der Waals surface area contributed by atoms with Crippen LogP contribution in [0.2, 0.25) is 0 Å². The van der Waals surface area contributed by atoms with E-state index in [0.29, 0.717) is 24.7 Å². The lowest BCUT2D eigenvalue weighted by molar-refractivity contribution is 0.263. The Balaban J connectivity index is 2.20. The van der Waals surface area contributed by atoms with Crippen molar-refractivity contribution in [1.29, 1.82) is 0 Å². The molecule has 0 saturated carbocycles. The van der Waals surface area contributed by atoms with Gasteiger partial charge in [-0.3, -0.25) is 0 Å². The molecule has 0 spiro atoms. The predicted molar refractivity (Wildman–Crippen MR) is 87.6 cm³/mol. The molecule has 0 aliphatic heterocycles. The number of thiophene rings is 1. The number of aliphatic hydroxyl groups is 1. The third-order valence-electron chi connectivity index (χ3n) is 2.54. The van der Waals surface area contributed by atoms with E-state index in [1.54, 1.807) is 17.4 Å². The van der Waals surface area contributed by atoms with Gasteiger partial charge in [0, 0.05) is 4.88 Å². The molecule has 0 bridgehead atoms. The van der Waals surface area contributed by atoms with E-state index in [9.17, 15) is 5.11 Å². The molecule has 0 saturated heterocycles. The first-order valence-electron chi connectivity index (χ1n) is 6.07. The van der Waals surface area contributed by atoms with Crippen LogP contribution >= 0.6 is 43.2 Å². The van der Waals surface area contributed by atoms with Gasteiger partial charge in [0.2, 0.25) is 0 Å². The van der Waals surface area contributed by atoms with Gasteiger partial charge in [-0.25, -0.2) is 0 Å². The Labute approximate surface area is 138 Å². The zero-order valence-corrected chi connectivity index (χ0v) is 14.8.